The van der Waals surface area contributed by atoms with Gasteiger partial charge < -0.3 is 10.4 Å². The molecule has 1 amide bonds. The van der Waals surface area contributed by atoms with E-state index < -0.39 is 0 Å². The minimum absolute atomic E-state index is 0.0298. The SMILES string of the molecule is CC(C)c1cc(C(=O)NC(C)C(C)CO)nn1C. The van der Waals surface area contributed by atoms with Crippen LogP contribution in [0.3, 0.4) is 0 Å². The third-order valence-corrected chi connectivity index (χ3v) is 3.24. The minimum Gasteiger partial charge on any atom is -0.396 e. The molecule has 5 heteroatoms. The Bertz CT molecular complexity index is 412. The number of hydrogen-bond acceptors (Lipinski definition) is 3. The molecule has 0 radical (unpaired) electrons. The summed E-state index contributed by atoms with van der Waals surface area (Å²) in [6.45, 7) is 7.96. The van der Waals surface area contributed by atoms with Crippen LogP contribution in [0.4, 0.5) is 0 Å². The molecule has 0 fully saturated rings. The highest BCUT2D eigenvalue weighted by Crippen LogP contribution is 2.15. The van der Waals surface area contributed by atoms with Crippen molar-refractivity contribution in [3.05, 3.63) is 17.5 Å². The van der Waals surface area contributed by atoms with Crippen LogP contribution in [-0.4, -0.2) is 33.4 Å². The number of nitrogens with zero attached hydrogens (tertiary/aromatic N) is 2. The number of hydrogen-bond donors (Lipinski definition) is 2. The maximum Gasteiger partial charge on any atom is 0.272 e. The lowest BCUT2D eigenvalue weighted by Crippen LogP contribution is -2.38. The summed E-state index contributed by atoms with van der Waals surface area (Å²) in [5.41, 5.74) is 1.46. The summed E-state index contributed by atoms with van der Waals surface area (Å²) in [4.78, 5) is 12.0. The molecule has 102 valence electrons. The maximum absolute atomic E-state index is 12.0. The van der Waals surface area contributed by atoms with E-state index in [-0.39, 0.29) is 24.5 Å². The van der Waals surface area contributed by atoms with Crippen LogP contribution in [0, 0.1) is 5.92 Å². The zero-order valence-electron chi connectivity index (χ0n) is 11.8. The van der Waals surface area contributed by atoms with Crippen LogP contribution in [0.1, 0.15) is 49.8 Å². The van der Waals surface area contributed by atoms with E-state index in [2.05, 4.69) is 24.3 Å². The second-order valence-electron chi connectivity index (χ2n) is 5.15. The Morgan fingerprint density at radius 3 is 2.50 bits per heavy atom. The lowest BCUT2D eigenvalue weighted by atomic mass is 10.1. The van der Waals surface area contributed by atoms with Gasteiger partial charge in [-0.25, -0.2) is 0 Å². The Hall–Kier alpha value is -1.36. The smallest absolute Gasteiger partial charge is 0.272 e. The van der Waals surface area contributed by atoms with E-state index in [4.69, 9.17) is 5.11 Å². The van der Waals surface area contributed by atoms with E-state index in [0.717, 1.165) is 5.69 Å². The number of amides is 1. The summed E-state index contributed by atoms with van der Waals surface area (Å²) in [6.07, 6.45) is 0. The number of aryl methyl sites for hydroxylation is 1. The number of rotatable bonds is 5. The molecule has 1 rings (SSSR count). The fourth-order valence-electron chi connectivity index (χ4n) is 1.71. The number of aliphatic hydroxyl groups is 1. The van der Waals surface area contributed by atoms with Gasteiger partial charge in [0.15, 0.2) is 0 Å². The molecule has 0 saturated heterocycles. The van der Waals surface area contributed by atoms with Gasteiger partial charge in [0, 0.05) is 25.4 Å². The van der Waals surface area contributed by atoms with Gasteiger partial charge in [-0.3, -0.25) is 9.48 Å². The van der Waals surface area contributed by atoms with Gasteiger partial charge in [0.25, 0.3) is 5.91 Å². The molecule has 0 aliphatic heterocycles. The van der Waals surface area contributed by atoms with Gasteiger partial charge in [-0.15, -0.1) is 0 Å². The highest BCUT2D eigenvalue weighted by Gasteiger charge is 2.18. The van der Waals surface area contributed by atoms with E-state index in [0.29, 0.717) is 11.6 Å². The molecule has 0 aromatic carbocycles. The molecule has 0 aliphatic carbocycles. The fourth-order valence-corrected chi connectivity index (χ4v) is 1.71. The van der Waals surface area contributed by atoms with Crippen LogP contribution >= 0.6 is 0 Å². The van der Waals surface area contributed by atoms with E-state index in [1.165, 1.54) is 0 Å². The summed E-state index contributed by atoms with van der Waals surface area (Å²) in [5.74, 6) is 0.172. The second kappa shape index (κ2) is 6.00. The average molecular weight is 253 g/mol. The molecule has 0 spiro atoms. The summed E-state index contributed by atoms with van der Waals surface area (Å²) in [7, 11) is 1.84. The monoisotopic (exact) mass is 253 g/mol. The highest BCUT2D eigenvalue weighted by atomic mass is 16.3. The normalized spacial score (nSPS) is 14.6. The van der Waals surface area contributed by atoms with E-state index in [1.807, 2.05) is 27.0 Å². The Balaban J connectivity index is 2.76. The summed E-state index contributed by atoms with van der Waals surface area (Å²) in [6, 6.07) is 1.74. The predicted molar refractivity (Wildman–Crippen MR) is 70.5 cm³/mol. The molecule has 1 heterocycles. The van der Waals surface area contributed by atoms with Crippen LogP contribution in [-0.2, 0) is 7.05 Å². The topological polar surface area (TPSA) is 67.2 Å². The van der Waals surface area contributed by atoms with Gasteiger partial charge >= 0.3 is 0 Å². The zero-order valence-corrected chi connectivity index (χ0v) is 11.8. The standard InChI is InChI=1S/C13H23N3O2/c1-8(2)12-6-11(15-16(12)5)13(18)14-10(4)9(3)7-17/h6,8-10,17H,7H2,1-5H3,(H,14,18). The van der Waals surface area contributed by atoms with Crippen molar-refractivity contribution in [1.82, 2.24) is 15.1 Å². The van der Waals surface area contributed by atoms with Crippen LogP contribution in [0.25, 0.3) is 0 Å². The molecule has 0 saturated carbocycles. The van der Waals surface area contributed by atoms with Crippen LogP contribution in [0.5, 0.6) is 0 Å². The Kier molecular flexibility index (Phi) is 4.90. The van der Waals surface area contributed by atoms with Crippen molar-refractivity contribution in [1.29, 1.82) is 0 Å². The van der Waals surface area contributed by atoms with Gasteiger partial charge in [-0.05, 0) is 24.8 Å². The van der Waals surface area contributed by atoms with Gasteiger partial charge in [-0.2, -0.15) is 5.10 Å². The maximum atomic E-state index is 12.0. The highest BCUT2D eigenvalue weighted by molar-refractivity contribution is 5.92. The van der Waals surface area contributed by atoms with Crippen molar-refractivity contribution in [2.24, 2.45) is 13.0 Å². The lowest BCUT2D eigenvalue weighted by Gasteiger charge is -2.18. The van der Waals surface area contributed by atoms with E-state index in [1.54, 1.807) is 4.68 Å². The minimum atomic E-state index is -0.190. The van der Waals surface area contributed by atoms with Crippen molar-refractivity contribution < 1.29 is 9.90 Å². The largest absolute Gasteiger partial charge is 0.396 e. The van der Waals surface area contributed by atoms with Gasteiger partial charge in [0.2, 0.25) is 0 Å². The van der Waals surface area contributed by atoms with Crippen molar-refractivity contribution in [3.63, 3.8) is 0 Å². The second-order valence-corrected chi connectivity index (χ2v) is 5.15. The summed E-state index contributed by atoms with van der Waals surface area (Å²) in [5, 5.41) is 16.1. The number of aromatic nitrogens is 2. The third-order valence-electron chi connectivity index (χ3n) is 3.24. The molecule has 0 aliphatic rings. The van der Waals surface area contributed by atoms with Crippen molar-refractivity contribution in [2.75, 3.05) is 6.61 Å². The van der Waals surface area contributed by atoms with Crippen molar-refractivity contribution >= 4 is 5.91 Å². The molecule has 18 heavy (non-hydrogen) atoms. The predicted octanol–water partition coefficient (Wildman–Crippen LogP) is 1.29. The number of aliphatic hydroxyl groups excluding tert-OH is 1. The summed E-state index contributed by atoms with van der Waals surface area (Å²) < 4.78 is 1.74. The Morgan fingerprint density at radius 2 is 2.06 bits per heavy atom. The molecule has 1 aromatic rings. The van der Waals surface area contributed by atoms with Crippen LogP contribution in [0.2, 0.25) is 0 Å². The number of carbonyl (C=O) groups is 1. The van der Waals surface area contributed by atoms with Crippen LogP contribution in [0.15, 0.2) is 6.07 Å². The molecule has 2 N–H and O–H groups in total. The lowest BCUT2D eigenvalue weighted by molar-refractivity contribution is 0.0910. The number of nitrogens with one attached hydrogen (secondary N) is 1. The van der Waals surface area contributed by atoms with E-state index in [9.17, 15) is 4.79 Å². The van der Waals surface area contributed by atoms with Gasteiger partial charge in [0.05, 0.1) is 0 Å². The zero-order chi connectivity index (χ0) is 13.9. The first-order valence-electron chi connectivity index (χ1n) is 6.32. The molecular formula is C13H23N3O2. The molecule has 0 bridgehead atoms. The molecular weight excluding hydrogens is 230 g/mol. The first kappa shape index (κ1) is 14.7. The molecule has 5 nitrogen and oxygen atoms in total. The van der Waals surface area contributed by atoms with E-state index >= 15 is 0 Å². The Morgan fingerprint density at radius 1 is 1.44 bits per heavy atom. The fraction of sp³-hybridized carbons (Fsp3) is 0.692. The van der Waals surface area contributed by atoms with Gasteiger partial charge in [-0.1, -0.05) is 20.8 Å². The third kappa shape index (κ3) is 3.32. The molecule has 1 aromatic heterocycles. The number of carbonyl (C=O) groups excluding carboxylic acids is 1. The first-order valence-corrected chi connectivity index (χ1v) is 6.32. The summed E-state index contributed by atoms with van der Waals surface area (Å²) >= 11 is 0. The first-order chi connectivity index (χ1) is 8.36. The Labute approximate surface area is 108 Å². The van der Waals surface area contributed by atoms with Crippen molar-refractivity contribution in [2.45, 2.75) is 39.7 Å². The van der Waals surface area contributed by atoms with Gasteiger partial charge in [0.1, 0.15) is 5.69 Å². The van der Waals surface area contributed by atoms with Crippen LogP contribution < -0.4 is 5.32 Å². The quantitative estimate of drug-likeness (QED) is 0.831. The molecule has 2 atom stereocenters. The average Bonchev–Trinajstić information content (AvgIpc) is 2.70. The van der Waals surface area contributed by atoms with Crippen molar-refractivity contribution in [3.8, 4) is 0 Å². The molecule has 2 unspecified atom stereocenters.